The average molecular weight is 382 g/mol. The van der Waals surface area contributed by atoms with E-state index in [9.17, 15) is 9.59 Å². The summed E-state index contributed by atoms with van der Waals surface area (Å²) in [6.45, 7) is 2.02. The molecule has 3 amide bonds. The van der Waals surface area contributed by atoms with Crippen molar-refractivity contribution in [2.75, 3.05) is 10.6 Å². The summed E-state index contributed by atoms with van der Waals surface area (Å²) >= 11 is 12.0. The summed E-state index contributed by atoms with van der Waals surface area (Å²) < 4.78 is 4.12. The lowest BCUT2D eigenvalue weighted by Gasteiger charge is -2.13. The first kappa shape index (κ1) is 17.6. The third kappa shape index (κ3) is 3.91. The highest BCUT2D eigenvalue weighted by atomic mass is 35.5. The van der Waals surface area contributed by atoms with E-state index in [0.29, 0.717) is 30.1 Å². The van der Waals surface area contributed by atoms with E-state index < -0.39 is 9.75 Å². The van der Waals surface area contributed by atoms with Crippen molar-refractivity contribution in [3.8, 4) is 0 Å². The van der Waals surface area contributed by atoms with Gasteiger partial charge in [0, 0.05) is 11.4 Å². The van der Waals surface area contributed by atoms with Gasteiger partial charge in [-0.15, -0.1) is 23.2 Å². The quantitative estimate of drug-likeness (QED) is 0.680. The van der Waals surface area contributed by atoms with E-state index in [2.05, 4.69) is 16.0 Å². The molecule has 2 aromatic rings. The molecule has 1 saturated carbocycles. The topological polar surface area (TPSA) is 83.4 Å². The lowest BCUT2D eigenvalue weighted by Crippen LogP contribution is -2.28. The van der Waals surface area contributed by atoms with Gasteiger partial charge in [0.15, 0.2) is 0 Å². The largest absolute Gasteiger partial charge is 0.467 e. The second-order valence-electron chi connectivity index (χ2n) is 6.13. The molecule has 1 fully saturated rings. The molecule has 1 aliphatic rings. The molecule has 6 nitrogen and oxygen atoms in total. The lowest BCUT2D eigenvalue weighted by molar-refractivity contribution is -0.120. The number of alkyl halides is 2. The van der Waals surface area contributed by atoms with Gasteiger partial charge in [-0.3, -0.25) is 4.79 Å². The summed E-state index contributed by atoms with van der Waals surface area (Å²) in [5, 5.41) is 8.14. The first-order valence-corrected chi connectivity index (χ1v) is 8.42. The first-order chi connectivity index (χ1) is 11.8. The van der Waals surface area contributed by atoms with E-state index in [1.165, 1.54) is 0 Å². The molecule has 1 aromatic carbocycles. The molecule has 132 valence electrons. The molecule has 0 aliphatic heterocycles. The highest BCUT2D eigenvalue weighted by molar-refractivity contribution is 6.53. The fraction of sp³-hybridized carbons (Fsp3) is 0.294. The number of benzene rings is 1. The number of carbonyl (C=O) groups is 2. The second kappa shape index (κ2) is 6.61. The Morgan fingerprint density at radius 3 is 2.24 bits per heavy atom. The van der Waals surface area contributed by atoms with Crippen LogP contribution < -0.4 is 16.0 Å². The van der Waals surface area contributed by atoms with Crippen LogP contribution >= 0.6 is 23.2 Å². The predicted molar refractivity (Wildman–Crippen MR) is 96.8 cm³/mol. The van der Waals surface area contributed by atoms with Crippen LogP contribution in [0.15, 0.2) is 47.1 Å². The number of amides is 3. The minimum atomic E-state index is -1.01. The summed E-state index contributed by atoms with van der Waals surface area (Å²) in [7, 11) is 0. The number of halogens is 2. The van der Waals surface area contributed by atoms with Gasteiger partial charge in [-0.1, -0.05) is 0 Å². The van der Waals surface area contributed by atoms with Crippen LogP contribution in [0.2, 0.25) is 0 Å². The van der Waals surface area contributed by atoms with Crippen LogP contribution in [0, 0.1) is 5.41 Å². The number of carbonyl (C=O) groups excluding carboxylic acids is 2. The Hall–Kier alpha value is -2.18. The Labute approximate surface area is 154 Å². The summed E-state index contributed by atoms with van der Waals surface area (Å²) in [5.41, 5.74) is 0.416. The van der Waals surface area contributed by atoms with Crippen LogP contribution in [-0.4, -0.2) is 16.3 Å². The molecule has 0 radical (unpaired) electrons. The zero-order chi connectivity index (χ0) is 18.1. The highest BCUT2D eigenvalue weighted by Crippen LogP contribution is 2.64. The minimum Gasteiger partial charge on any atom is -0.467 e. The summed E-state index contributed by atoms with van der Waals surface area (Å²) in [6, 6.07) is 9.92. The number of nitrogens with one attached hydrogen (secondary N) is 3. The molecule has 0 bridgehead atoms. The summed E-state index contributed by atoms with van der Waals surface area (Å²) in [5.74, 6) is 0.436. The molecule has 3 rings (SSSR count). The molecule has 0 saturated heterocycles. The normalized spacial score (nSPS) is 20.6. The average Bonchev–Trinajstić information content (AvgIpc) is 2.93. The molecule has 1 aromatic heterocycles. The van der Waals surface area contributed by atoms with Crippen molar-refractivity contribution in [1.82, 2.24) is 5.32 Å². The highest BCUT2D eigenvalue weighted by Gasteiger charge is 2.67. The van der Waals surface area contributed by atoms with Crippen LogP contribution in [-0.2, 0) is 11.3 Å². The Morgan fingerprint density at radius 1 is 1.12 bits per heavy atom. The van der Waals surface area contributed by atoms with Crippen LogP contribution in [0.5, 0.6) is 0 Å². The zero-order valence-corrected chi connectivity index (χ0v) is 14.9. The van der Waals surface area contributed by atoms with Gasteiger partial charge < -0.3 is 20.4 Å². The molecule has 1 unspecified atom stereocenters. The molecule has 8 heteroatoms. The van der Waals surface area contributed by atoms with E-state index in [4.69, 9.17) is 27.6 Å². The van der Waals surface area contributed by atoms with Gasteiger partial charge >= 0.3 is 6.03 Å². The molecule has 25 heavy (non-hydrogen) atoms. The Morgan fingerprint density at radius 2 is 1.72 bits per heavy atom. The maximum absolute atomic E-state index is 12.2. The standard InChI is InChI=1S/C17H17Cl2N3O3/c1-16(10-17(16,18)19)14(23)21-11-4-6-12(7-5-11)22-15(24)20-9-13-3-2-8-25-13/h2-8H,9-10H2,1H3,(H,21,23)(H2,20,22,24). The molecular formula is C17H17Cl2N3O3. The molecule has 0 spiro atoms. The van der Waals surface area contributed by atoms with Gasteiger partial charge in [0.1, 0.15) is 10.1 Å². The zero-order valence-electron chi connectivity index (χ0n) is 13.4. The minimum absolute atomic E-state index is 0.227. The van der Waals surface area contributed by atoms with Crippen molar-refractivity contribution in [2.24, 2.45) is 5.41 Å². The van der Waals surface area contributed by atoms with Gasteiger partial charge in [0.2, 0.25) is 5.91 Å². The number of hydrogen-bond donors (Lipinski definition) is 3. The molecular weight excluding hydrogens is 365 g/mol. The number of anilines is 2. The first-order valence-electron chi connectivity index (χ1n) is 7.67. The van der Waals surface area contributed by atoms with Crippen LogP contribution in [0.1, 0.15) is 19.1 Å². The van der Waals surface area contributed by atoms with E-state index in [1.807, 2.05) is 0 Å². The van der Waals surface area contributed by atoms with Crippen molar-refractivity contribution in [3.63, 3.8) is 0 Å². The number of urea groups is 1. The molecule has 1 atom stereocenters. The smallest absolute Gasteiger partial charge is 0.319 e. The van der Waals surface area contributed by atoms with E-state index >= 15 is 0 Å². The van der Waals surface area contributed by atoms with Crippen LogP contribution in [0.4, 0.5) is 16.2 Å². The van der Waals surface area contributed by atoms with Crippen molar-refractivity contribution in [2.45, 2.75) is 24.2 Å². The van der Waals surface area contributed by atoms with E-state index in [1.54, 1.807) is 49.6 Å². The van der Waals surface area contributed by atoms with E-state index in [0.717, 1.165) is 0 Å². The Kier molecular flexibility index (Phi) is 4.67. The molecule has 3 N–H and O–H groups in total. The maximum atomic E-state index is 12.2. The summed E-state index contributed by atoms with van der Waals surface area (Å²) in [6.07, 6.45) is 1.97. The van der Waals surface area contributed by atoms with E-state index in [-0.39, 0.29) is 11.9 Å². The van der Waals surface area contributed by atoms with Crippen LogP contribution in [0.25, 0.3) is 0 Å². The summed E-state index contributed by atoms with van der Waals surface area (Å²) in [4.78, 5) is 24.0. The molecule has 1 heterocycles. The monoisotopic (exact) mass is 381 g/mol. The fourth-order valence-electron chi connectivity index (χ4n) is 2.31. The van der Waals surface area contributed by atoms with Crippen LogP contribution in [0.3, 0.4) is 0 Å². The van der Waals surface area contributed by atoms with Gasteiger partial charge in [-0.2, -0.15) is 0 Å². The predicted octanol–water partition coefficient (Wildman–Crippen LogP) is 4.12. The van der Waals surface area contributed by atoms with Gasteiger partial charge in [0.25, 0.3) is 0 Å². The van der Waals surface area contributed by atoms with Gasteiger partial charge in [-0.05, 0) is 49.7 Å². The molecule has 1 aliphatic carbocycles. The number of rotatable bonds is 5. The Bertz CT molecular complexity index is 775. The Balaban J connectivity index is 1.50. The fourth-order valence-corrected chi connectivity index (χ4v) is 3.01. The number of furan rings is 1. The van der Waals surface area contributed by atoms with Crippen molar-refractivity contribution in [1.29, 1.82) is 0 Å². The van der Waals surface area contributed by atoms with Crippen molar-refractivity contribution < 1.29 is 14.0 Å². The third-order valence-electron chi connectivity index (χ3n) is 4.16. The third-order valence-corrected chi connectivity index (χ3v) is 5.26. The second-order valence-corrected chi connectivity index (χ2v) is 7.62. The maximum Gasteiger partial charge on any atom is 0.319 e. The van der Waals surface area contributed by atoms with Crippen molar-refractivity contribution in [3.05, 3.63) is 48.4 Å². The SMILES string of the molecule is CC1(C(=O)Nc2ccc(NC(=O)NCc3ccco3)cc2)CC1(Cl)Cl. The lowest BCUT2D eigenvalue weighted by atomic mass is 10.1. The van der Waals surface area contributed by atoms with Crippen molar-refractivity contribution >= 4 is 46.5 Å². The number of hydrogen-bond acceptors (Lipinski definition) is 3. The van der Waals surface area contributed by atoms with Gasteiger partial charge in [-0.25, -0.2) is 4.79 Å². The van der Waals surface area contributed by atoms with Gasteiger partial charge in [0.05, 0.1) is 18.2 Å².